The molecule has 0 unspecified atom stereocenters. The number of hydrogen-bond acceptors (Lipinski definition) is 4. The van der Waals surface area contributed by atoms with Crippen LogP contribution in [0.2, 0.25) is 0 Å². The van der Waals surface area contributed by atoms with Gasteiger partial charge in [0.1, 0.15) is 11.5 Å². The van der Waals surface area contributed by atoms with E-state index in [9.17, 15) is 13.2 Å². The van der Waals surface area contributed by atoms with E-state index in [0.29, 0.717) is 37.3 Å². The van der Waals surface area contributed by atoms with E-state index in [4.69, 9.17) is 4.42 Å². The Hall–Kier alpha value is -2.54. The van der Waals surface area contributed by atoms with E-state index in [-0.39, 0.29) is 11.7 Å². The monoisotopic (exact) mass is 372 g/mol. The molecule has 6 nitrogen and oxygen atoms in total. The molecule has 3 heterocycles. The smallest absolute Gasteiger partial charge is 0.253 e. The summed E-state index contributed by atoms with van der Waals surface area (Å²) in [7, 11) is -3.28. The average molecular weight is 372 g/mol. The topological polar surface area (TPSA) is 83.4 Å². The van der Waals surface area contributed by atoms with Gasteiger partial charge in [-0.2, -0.15) is 0 Å². The molecule has 1 aliphatic heterocycles. The molecule has 1 aliphatic rings. The lowest BCUT2D eigenvalue weighted by molar-refractivity contribution is 0.0725. The van der Waals surface area contributed by atoms with Gasteiger partial charge in [0.25, 0.3) is 5.91 Å². The zero-order valence-electron chi connectivity index (χ0n) is 14.2. The van der Waals surface area contributed by atoms with Gasteiger partial charge in [0.2, 0.25) is 0 Å². The SMILES string of the molecule is O=C(c1ccc2cc[nH]c2c1)N1CCC(S(=O)(=O)Cc2ccco2)CC1. The van der Waals surface area contributed by atoms with Crippen LogP contribution in [0.3, 0.4) is 0 Å². The lowest BCUT2D eigenvalue weighted by atomic mass is 10.1. The third-order valence-electron chi connectivity index (χ3n) is 4.96. The minimum Gasteiger partial charge on any atom is -0.468 e. The Bertz CT molecular complexity index is 1010. The summed E-state index contributed by atoms with van der Waals surface area (Å²) in [6, 6.07) is 10.9. The van der Waals surface area contributed by atoms with Gasteiger partial charge in [0, 0.05) is 30.4 Å². The summed E-state index contributed by atoms with van der Waals surface area (Å²) in [4.78, 5) is 17.6. The maximum atomic E-state index is 12.7. The van der Waals surface area contributed by atoms with E-state index >= 15 is 0 Å². The second kappa shape index (κ2) is 6.64. The number of furan rings is 1. The highest BCUT2D eigenvalue weighted by atomic mass is 32.2. The Balaban J connectivity index is 1.42. The second-order valence-electron chi connectivity index (χ2n) is 6.66. The summed E-state index contributed by atoms with van der Waals surface area (Å²) in [5.74, 6) is 0.327. The van der Waals surface area contributed by atoms with E-state index < -0.39 is 15.1 Å². The Kier molecular flexibility index (Phi) is 4.32. The maximum absolute atomic E-state index is 12.7. The fraction of sp³-hybridized carbons (Fsp3) is 0.316. The maximum Gasteiger partial charge on any atom is 0.253 e. The number of nitrogens with zero attached hydrogens (tertiary/aromatic N) is 1. The minimum atomic E-state index is -3.28. The number of aromatic nitrogens is 1. The predicted octanol–water partition coefficient (Wildman–Crippen LogP) is 2.98. The van der Waals surface area contributed by atoms with Gasteiger partial charge < -0.3 is 14.3 Å². The van der Waals surface area contributed by atoms with Crippen LogP contribution in [-0.2, 0) is 15.6 Å². The van der Waals surface area contributed by atoms with Gasteiger partial charge in [-0.05, 0) is 48.6 Å². The molecular weight excluding hydrogens is 352 g/mol. The molecule has 1 saturated heterocycles. The van der Waals surface area contributed by atoms with E-state index in [0.717, 1.165) is 10.9 Å². The van der Waals surface area contributed by atoms with Gasteiger partial charge in [0.05, 0.1) is 11.5 Å². The third kappa shape index (κ3) is 3.26. The number of likely N-dealkylation sites (tertiary alicyclic amines) is 1. The van der Waals surface area contributed by atoms with Gasteiger partial charge in [-0.25, -0.2) is 8.42 Å². The molecule has 26 heavy (non-hydrogen) atoms. The fourth-order valence-corrected chi connectivity index (χ4v) is 5.22. The number of aromatic amines is 1. The van der Waals surface area contributed by atoms with Crippen LogP contribution in [-0.4, -0.2) is 42.5 Å². The summed E-state index contributed by atoms with van der Waals surface area (Å²) < 4.78 is 30.3. The number of hydrogen-bond donors (Lipinski definition) is 1. The van der Waals surface area contributed by atoms with Crippen molar-refractivity contribution in [2.75, 3.05) is 13.1 Å². The van der Waals surface area contributed by atoms with Crippen molar-refractivity contribution in [3.8, 4) is 0 Å². The van der Waals surface area contributed by atoms with Crippen LogP contribution in [0, 0.1) is 0 Å². The van der Waals surface area contributed by atoms with Crippen molar-refractivity contribution in [3.63, 3.8) is 0 Å². The molecule has 0 atom stereocenters. The first-order valence-electron chi connectivity index (χ1n) is 8.63. The van der Waals surface area contributed by atoms with Crippen molar-refractivity contribution < 1.29 is 17.6 Å². The number of carbonyl (C=O) groups excluding carboxylic acids is 1. The van der Waals surface area contributed by atoms with E-state index in [1.54, 1.807) is 17.0 Å². The minimum absolute atomic E-state index is 0.0524. The highest BCUT2D eigenvalue weighted by Crippen LogP contribution is 2.23. The number of nitrogens with one attached hydrogen (secondary N) is 1. The number of H-pyrrole nitrogens is 1. The molecule has 7 heteroatoms. The van der Waals surface area contributed by atoms with Crippen molar-refractivity contribution >= 4 is 26.6 Å². The van der Waals surface area contributed by atoms with Crippen molar-refractivity contribution in [2.24, 2.45) is 0 Å². The van der Waals surface area contributed by atoms with Gasteiger partial charge in [-0.3, -0.25) is 4.79 Å². The van der Waals surface area contributed by atoms with Crippen LogP contribution in [0.25, 0.3) is 10.9 Å². The molecule has 2 aromatic heterocycles. The van der Waals surface area contributed by atoms with E-state index in [2.05, 4.69) is 4.98 Å². The number of sulfone groups is 1. The predicted molar refractivity (Wildman–Crippen MR) is 98.6 cm³/mol. The molecular formula is C19H20N2O4S. The Morgan fingerprint density at radius 3 is 2.73 bits per heavy atom. The largest absolute Gasteiger partial charge is 0.468 e. The standard InChI is InChI=1S/C19H20N2O4S/c22-19(15-4-3-14-5-8-20-18(14)12-15)21-9-6-17(7-10-21)26(23,24)13-16-2-1-11-25-16/h1-5,8,11-12,17,20H,6-7,9-10,13H2. The summed E-state index contributed by atoms with van der Waals surface area (Å²) in [5.41, 5.74) is 1.55. The highest BCUT2D eigenvalue weighted by molar-refractivity contribution is 7.91. The molecule has 0 saturated carbocycles. The van der Waals surface area contributed by atoms with E-state index in [1.165, 1.54) is 6.26 Å². The average Bonchev–Trinajstić information content (AvgIpc) is 3.31. The fourth-order valence-electron chi connectivity index (χ4n) is 3.49. The Morgan fingerprint density at radius 2 is 2.00 bits per heavy atom. The number of amides is 1. The van der Waals surface area contributed by atoms with Crippen molar-refractivity contribution in [2.45, 2.75) is 23.8 Å². The summed E-state index contributed by atoms with van der Waals surface area (Å²) in [6.07, 6.45) is 4.24. The number of benzene rings is 1. The molecule has 3 aromatic rings. The molecule has 0 radical (unpaired) electrons. The van der Waals surface area contributed by atoms with Gasteiger partial charge >= 0.3 is 0 Å². The summed E-state index contributed by atoms with van der Waals surface area (Å²) in [6.45, 7) is 0.896. The van der Waals surface area contributed by atoms with Crippen molar-refractivity contribution in [3.05, 3.63) is 60.2 Å². The Morgan fingerprint density at radius 1 is 1.19 bits per heavy atom. The molecule has 1 fully saturated rings. The summed E-state index contributed by atoms with van der Waals surface area (Å²) >= 11 is 0. The highest BCUT2D eigenvalue weighted by Gasteiger charge is 2.32. The van der Waals surface area contributed by atoms with Gasteiger partial charge in [0.15, 0.2) is 9.84 Å². The number of piperidine rings is 1. The molecule has 1 N–H and O–H groups in total. The summed E-state index contributed by atoms with van der Waals surface area (Å²) in [5, 5.41) is 0.631. The molecule has 136 valence electrons. The molecule has 0 bridgehead atoms. The first-order valence-corrected chi connectivity index (χ1v) is 10.3. The Labute approximate surface area is 151 Å². The van der Waals surface area contributed by atoms with Gasteiger partial charge in [-0.15, -0.1) is 0 Å². The zero-order chi connectivity index (χ0) is 18.1. The zero-order valence-corrected chi connectivity index (χ0v) is 15.0. The van der Waals surface area contributed by atoms with Crippen LogP contribution in [0.5, 0.6) is 0 Å². The molecule has 4 rings (SSSR count). The van der Waals surface area contributed by atoms with Crippen LogP contribution in [0.1, 0.15) is 29.0 Å². The number of rotatable bonds is 4. The molecule has 0 aliphatic carbocycles. The van der Waals surface area contributed by atoms with Crippen LogP contribution >= 0.6 is 0 Å². The lowest BCUT2D eigenvalue weighted by Gasteiger charge is -2.31. The van der Waals surface area contributed by atoms with Gasteiger partial charge in [-0.1, -0.05) is 6.07 Å². The molecule has 1 amide bonds. The first-order chi connectivity index (χ1) is 12.5. The second-order valence-corrected chi connectivity index (χ2v) is 8.94. The van der Waals surface area contributed by atoms with Crippen molar-refractivity contribution in [1.82, 2.24) is 9.88 Å². The van der Waals surface area contributed by atoms with Crippen LogP contribution in [0.4, 0.5) is 0 Å². The normalized spacial score (nSPS) is 16.2. The number of carbonyl (C=O) groups is 1. The molecule has 1 aromatic carbocycles. The van der Waals surface area contributed by atoms with Crippen molar-refractivity contribution in [1.29, 1.82) is 0 Å². The third-order valence-corrected chi connectivity index (χ3v) is 7.14. The van der Waals surface area contributed by atoms with Crippen LogP contribution < -0.4 is 0 Å². The van der Waals surface area contributed by atoms with E-state index in [1.807, 2.05) is 30.5 Å². The number of fused-ring (bicyclic) bond motifs is 1. The molecule has 0 spiro atoms. The quantitative estimate of drug-likeness (QED) is 0.763. The lowest BCUT2D eigenvalue weighted by Crippen LogP contribution is -2.42. The van der Waals surface area contributed by atoms with Crippen LogP contribution in [0.15, 0.2) is 53.3 Å². The first kappa shape index (κ1) is 16.9.